The second kappa shape index (κ2) is 6.99. The second-order valence-corrected chi connectivity index (χ2v) is 7.37. The van der Waals surface area contributed by atoms with Crippen LogP contribution in [0.15, 0.2) is 0 Å². The number of urea groups is 1. The van der Waals surface area contributed by atoms with Crippen LogP contribution in [0.1, 0.15) is 38.5 Å². The van der Waals surface area contributed by atoms with Crippen LogP contribution in [0.4, 0.5) is 4.79 Å². The summed E-state index contributed by atoms with van der Waals surface area (Å²) in [6.45, 7) is 1.03. The number of ether oxygens (including phenoxy) is 1. The van der Waals surface area contributed by atoms with Gasteiger partial charge in [0.25, 0.3) is 0 Å². The summed E-state index contributed by atoms with van der Waals surface area (Å²) in [4.78, 5) is 37.2. The highest BCUT2D eigenvalue weighted by Crippen LogP contribution is 2.44. The molecule has 2 amide bonds. The lowest BCUT2D eigenvalue weighted by Gasteiger charge is -2.28. The third-order valence-electron chi connectivity index (χ3n) is 5.79. The number of carbonyl (C=O) groups excluding carboxylic acids is 2. The Morgan fingerprint density at radius 3 is 2.25 bits per heavy atom. The molecule has 2 saturated carbocycles. The van der Waals surface area contributed by atoms with E-state index in [1.54, 1.807) is 4.90 Å². The molecule has 2 aliphatic carbocycles. The van der Waals surface area contributed by atoms with Crippen LogP contribution in [0.3, 0.4) is 0 Å². The standard InChI is InChI=1S/C17H26N2O5/c1-24-16(22)14-9-19(8-13(14)10-2-3-10)17(23)18-12-6-4-11(5-7-12)15(20)21/h10-14H,2-9H2,1H3,(H,18,23)(H,20,21)/t11?,12?,13-,14+/m1/s1. The van der Waals surface area contributed by atoms with E-state index in [9.17, 15) is 14.4 Å². The number of likely N-dealkylation sites (tertiary alicyclic amines) is 1. The van der Waals surface area contributed by atoms with Gasteiger partial charge in [0.15, 0.2) is 0 Å². The molecule has 1 heterocycles. The molecule has 3 rings (SSSR count). The SMILES string of the molecule is COC(=O)[C@H]1CN(C(=O)NC2CCC(C(=O)O)CC2)C[C@@H]1C1CC1. The lowest BCUT2D eigenvalue weighted by molar-refractivity contribution is -0.146. The van der Waals surface area contributed by atoms with Gasteiger partial charge >= 0.3 is 18.0 Å². The Labute approximate surface area is 141 Å². The molecule has 7 nitrogen and oxygen atoms in total. The summed E-state index contributed by atoms with van der Waals surface area (Å²) in [7, 11) is 1.40. The summed E-state index contributed by atoms with van der Waals surface area (Å²) in [5, 5.41) is 12.1. The Morgan fingerprint density at radius 1 is 1.04 bits per heavy atom. The largest absolute Gasteiger partial charge is 0.481 e. The van der Waals surface area contributed by atoms with Gasteiger partial charge in [0.2, 0.25) is 0 Å². The van der Waals surface area contributed by atoms with Crippen LogP contribution >= 0.6 is 0 Å². The fraction of sp³-hybridized carbons (Fsp3) is 0.824. The number of esters is 1. The molecule has 0 bridgehead atoms. The number of aliphatic carboxylic acids is 1. The van der Waals surface area contributed by atoms with Gasteiger partial charge in [-0.1, -0.05) is 0 Å². The number of nitrogens with zero attached hydrogens (tertiary/aromatic N) is 1. The zero-order valence-electron chi connectivity index (χ0n) is 14.1. The number of carboxylic acids is 1. The van der Waals surface area contributed by atoms with Crippen molar-refractivity contribution in [2.24, 2.45) is 23.7 Å². The van der Waals surface area contributed by atoms with Crippen molar-refractivity contribution in [3.05, 3.63) is 0 Å². The Balaban J connectivity index is 1.52. The van der Waals surface area contributed by atoms with Crippen LogP contribution in [0.25, 0.3) is 0 Å². The Bertz CT molecular complexity index is 511. The van der Waals surface area contributed by atoms with Gasteiger partial charge in [0, 0.05) is 19.1 Å². The van der Waals surface area contributed by atoms with E-state index in [1.807, 2.05) is 0 Å². The molecule has 0 aromatic rings. The monoisotopic (exact) mass is 338 g/mol. The molecular formula is C17H26N2O5. The van der Waals surface area contributed by atoms with E-state index in [2.05, 4.69) is 5.32 Å². The Morgan fingerprint density at radius 2 is 1.71 bits per heavy atom. The third-order valence-corrected chi connectivity index (χ3v) is 5.79. The van der Waals surface area contributed by atoms with Crippen molar-refractivity contribution in [2.45, 2.75) is 44.6 Å². The van der Waals surface area contributed by atoms with Gasteiger partial charge < -0.3 is 20.1 Å². The minimum absolute atomic E-state index is 0.0321. The lowest BCUT2D eigenvalue weighted by Crippen LogP contribution is -2.45. The molecule has 0 unspecified atom stereocenters. The van der Waals surface area contributed by atoms with Crippen molar-refractivity contribution < 1.29 is 24.2 Å². The zero-order chi connectivity index (χ0) is 17.3. The Kier molecular flexibility index (Phi) is 4.96. The number of hydrogen-bond donors (Lipinski definition) is 2. The molecule has 2 atom stereocenters. The minimum atomic E-state index is -0.743. The number of rotatable bonds is 4. The number of nitrogens with one attached hydrogen (secondary N) is 1. The van der Waals surface area contributed by atoms with E-state index in [4.69, 9.17) is 9.84 Å². The van der Waals surface area contributed by atoms with Crippen LogP contribution in [0.2, 0.25) is 0 Å². The molecular weight excluding hydrogens is 312 g/mol. The molecule has 0 aromatic carbocycles. The van der Waals surface area contributed by atoms with Crippen molar-refractivity contribution in [3.8, 4) is 0 Å². The summed E-state index contributed by atoms with van der Waals surface area (Å²) in [5.41, 5.74) is 0. The molecule has 0 radical (unpaired) electrons. The number of amides is 2. The van der Waals surface area contributed by atoms with Gasteiger partial charge in [-0.05, 0) is 50.4 Å². The molecule has 7 heteroatoms. The molecule has 0 aromatic heterocycles. The van der Waals surface area contributed by atoms with E-state index in [0.29, 0.717) is 44.7 Å². The highest BCUT2D eigenvalue weighted by Gasteiger charge is 2.47. The predicted octanol–water partition coefficient (Wildman–Crippen LogP) is 1.47. The maximum atomic E-state index is 12.5. The first-order chi connectivity index (χ1) is 11.5. The second-order valence-electron chi connectivity index (χ2n) is 7.37. The van der Waals surface area contributed by atoms with E-state index in [1.165, 1.54) is 7.11 Å². The van der Waals surface area contributed by atoms with E-state index >= 15 is 0 Å². The van der Waals surface area contributed by atoms with Gasteiger partial charge in [0.05, 0.1) is 18.9 Å². The summed E-state index contributed by atoms with van der Waals surface area (Å²) in [5.74, 6) is -0.704. The van der Waals surface area contributed by atoms with Crippen LogP contribution < -0.4 is 5.32 Å². The van der Waals surface area contributed by atoms with E-state index < -0.39 is 5.97 Å². The molecule has 134 valence electrons. The lowest BCUT2D eigenvalue weighted by atomic mass is 9.86. The summed E-state index contributed by atoms with van der Waals surface area (Å²) in [6.07, 6.45) is 4.87. The summed E-state index contributed by atoms with van der Waals surface area (Å²) >= 11 is 0. The van der Waals surface area contributed by atoms with Crippen molar-refractivity contribution in [2.75, 3.05) is 20.2 Å². The molecule has 2 N–H and O–H groups in total. The molecule has 24 heavy (non-hydrogen) atoms. The van der Waals surface area contributed by atoms with Crippen molar-refractivity contribution in [1.29, 1.82) is 0 Å². The van der Waals surface area contributed by atoms with Gasteiger partial charge in [-0.3, -0.25) is 9.59 Å². The van der Waals surface area contributed by atoms with Gasteiger partial charge in [-0.25, -0.2) is 4.79 Å². The number of carbonyl (C=O) groups is 3. The zero-order valence-corrected chi connectivity index (χ0v) is 14.1. The maximum Gasteiger partial charge on any atom is 0.317 e. The van der Waals surface area contributed by atoms with Gasteiger partial charge in [0.1, 0.15) is 0 Å². The van der Waals surface area contributed by atoms with Crippen LogP contribution in [0, 0.1) is 23.7 Å². The Hall–Kier alpha value is -1.79. The molecule has 1 saturated heterocycles. The first-order valence-corrected chi connectivity index (χ1v) is 8.85. The predicted molar refractivity (Wildman–Crippen MR) is 85.2 cm³/mol. The van der Waals surface area contributed by atoms with Crippen LogP contribution in [0.5, 0.6) is 0 Å². The summed E-state index contributed by atoms with van der Waals surface area (Å²) in [6, 6.07) is -0.101. The molecule has 0 spiro atoms. The highest BCUT2D eigenvalue weighted by molar-refractivity contribution is 5.79. The fourth-order valence-electron chi connectivity index (χ4n) is 4.15. The quantitative estimate of drug-likeness (QED) is 0.757. The number of carboxylic acid groups (broad SMARTS) is 1. The average Bonchev–Trinajstić information content (AvgIpc) is 3.32. The van der Waals surface area contributed by atoms with Gasteiger partial charge in [-0.2, -0.15) is 0 Å². The van der Waals surface area contributed by atoms with Gasteiger partial charge in [-0.15, -0.1) is 0 Å². The number of hydrogen-bond acceptors (Lipinski definition) is 4. The fourth-order valence-corrected chi connectivity index (χ4v) is 4.15. The topological polar surface area (TPSA) is 95.9 Å². The molecule has 3 fully saturated rings. The van der Waals surface area contributed by atoms with Crippen molar-refractivity contribution in [3.63, 3.8) is 0 Å². The van der Waals surface area contributed by atoms with Crippen LogP contribution in [-0.4, -0.2) is 54.2 Å². The maximum absolute atomic E-state index is 12.5. The van der Waals surface area contributed by atoms with E-state index in [0.717, 1.165) is 12.8 Å². The average molecular weight is 338 g/mol. The highest BCUT2D eigenvalue weighted by atomic mass is 16.5. The number of methoxy groups -OCH3 is 1. The van der Waals surface area contributed by atoms with E-state index in [-0.39, 0.29) is 35.8 Å². The van der Waals surface area contributed by atoms with Crippen LogP contribution in [-0.2, 0) is 14.3 Å². The summed E-state index contributed by atoms with van der Waals surface area (Å²) < 4.78 is 4.90. The molecule has 3 aliphatic rings. The van der Waals surface area contributed by atoms with Crippen molar-refractivity contribution >= 4 is 18.0 Å². The third kappa shape index (κ3) is 3.65. The first kappa shape index (κ1) is 17.0. The smallest absolute Gasteiger partial charge is 0.317 e. The normalized spacial score (nSPS) is 33.1. The molecule has 1 aliphatic heterocycles. The first-order valence-electron chi connectivity index (χ1n) is 8.85. The van der Waals surface area contributed by atoms with Crippen molar-refractivity contribution in [1.82, 2.24) is 10.2 Å². The minimum Gasteiger partial charge on any atom is -0.481 e.